The summed E-state index contributed by atoms with van der Waals surface area (Å²) in [7, 11) is 0. The molecule has 2 amide bonds. The number of hydrogen-bond donors (Lipinski definition) is 0. The van der Waals surface area contributed by atoms with Crippen molar-refractivity contribution >= 4 is 23.1 Å². The zero-order chi connectivity index (χ0) is 21.4. The molecule has 4 nitrogen and oxygen atoms in total. The second kappa shape index (κ2) is 7.88. The molecule has 31 heavy (non-hydrogen) atoms. The molecule has 5 rings (SSSR count). The molecule has 0 bridgehead atoms. The molecule has 0 aliphatic carbocycles. The molecular formula is C27H24N2O2. The largest absolute Gasteiger partial charge is 0.362 e. The Labute approximate surface area is 182 Å². The quantitative estimate of drug-likeness (QED) is 0.593. The Kier molecular flexibility index (Phi) is 4.91. The van der Waals surface area contributed by atoms with Crippen molar-refractivity contribution in [3.05, 3.63) is 107 Å². The molecule has 0 spiro atoms. The van der Waals surface area contributed by atoms with Crippen molar-refractivity contribution in [1.82, 2.24) is 4.90 Å². The van der Waals surface area contributed by atoms with Crippen molar-refractivity contribution in [2.75, 3.05) is 11.4 Å². The lowest BCUT2D eigenvalue weighted by Crippen LogP contribution is -2.37. The number of aryl methyl sites for hydroxylation is 1. The predicted molar refractivity (Wildman–Crippen MR) is 122 cm³/mol. The second-order valence-electron chi connectivity index (χ2n) is 8.00. The molecule has 0 fully saturated rings. The molecule has 0 radical (unpaired) electrons. The minimum Gasteiger partial charge on any atom is -0.362 e. The smallest absolute Gasteiger partial charge is 0.282 e. The zero-order valence-electron chi connectivity index (χ0n) is 17.5. The Hall–Kier alpha value is -3.66. The second-order valence-corrected chi connectivity index (χ2v) is 8.00. The Morgan fingerprint density at radius 3 is 2.16 bits per heavy atom. The fraction of sp³-hybridized carbons (Fsp3) is 0.185. The van der Waals surface area contributed by atoms with Gasteiger partial charge in [-0.1, -0.05) is 73.7 Å². The Morgan fingerprint density at radius 1 is 0.774 bits per heavy atom. The van der Waals surface area contributed by atoms with Gasteiger partial charge in [-0.2, -0.15) is 0 Å². The zero-order valence-corrected chi connectivity index (χ0v) is 17.5. The van der Waals surface area contributed by atoms with Gasteiger partial charge < -0.3 is 4.90 Å². The van der Waals surface area contributed by atoms with E-state index in [1.165, 1.54) is 21.6 Å². The molecule has 4 heteroatoms. The van der Waals surface area contributed by atoms with E-state index in [-0.39, 0.29) is 11.8 Å². The van der Waals surface area contributed by atoms with Crippen molar-refractivity contribution in [3.63, 3.8) is 0 Å². The molecule has 0 atom stereocenters. The van der Waals surface area contributed by atoms with Crippen LogP contribution in [0.1, 0.15) is 29.2 Å². The first-order chi connectivity index (χ1) is 15.2. The van der Waals surface area contributed by atoms with Gasteiger partial charge in [0.1, 0.15) is 5.70 Å². The van der Waals surface area contributed by atoms with Gasteiger partial charge >= 0.3 is 0 Å². The van der Waals surface area contributed by atoms with Gasteiger partial charge in [-0.05, 0) is 47.2 Å². The van der Waals surface area contributed by atoms with Crippen molar-refractivity contribution in [1.29, 1.82) is 0 Å². The van der Waals surface area contributed by atoms with Crippen molar-refractivity contribution < 1.29 is 9.59 Å². The number of fused-ring (bicyclic) bond motifs is 1. The van der Waals surface area contributed by atoms with Crippen LogP contribution in [0.3, 0.4) is 0 Å². The summed E-state index contributed by atoms with van der Waals surface area (Å²) in [5.41, 5.74) is 6.08. The first kappa shape index (κ1) is 19.3. The standard InChI is InChI=1S/C27H24N2O2/c1-2-19-12-14-23(15-13-19)29-26(30)24(21-9-4-3-5-10-21)25(27(29)31)28-17-16-20-8-6-7-11-22(20)18-28/h3-15H,2,16-18H2,1H3. The molecule has 2 heterocycles. The topological polar surface area (TPSA) is 40.6 Å². The summed E-state index contributed by atoms with van der Waals surface area (Å²) in [4.78, 5) is 30.7. The fourth-order valence-electron chi connectivity index (χ4n) is 4.48. The van der Waals surface area contributed by atoms with E-state index in [0.717, 1.165) is 18.4 Å². The normalized spacial score (nSPS) is 16.2. The minimum atomic E-state index is -0.255. The highest BCUT2D eigenvalue weighted by atomic mass is 16.2. The summed E-state index contributed by atoms with van der Waals surface area (Å²) in [5.74, 6) is -0.498. The molecule has 2 aliphatic heterocycles. The van der Waals surface area contributed by atoms with Crippen LogP contribution in [-0.4, -0.2) is 23.3 Å². The SMILES string of the molecule is CCc1ccc(N2C(=O)C(c3ccccc3)=C(N3CCc4ccccc4C3)C2=O)cc1. The fourth-order valence-corrected chi connectivity index (χ4v) is 4.48. The third kappa shape index (κ3) is 3.34. The third-order valence-corrected chi connectivity index (χ3v) is 6.17. The van der Waals surface area contributed by atoms with Crippen molar-refractivity contribution in [3.8, 4) is 0 Å². The lowest BCUT2D eigenvalue weighted by molar-refractivity contribution is -0.120. The number of anilines is 1. The summed E-state index contributed by atoms with van der Waals surface area (Å²) in [5, 5.41) is 0. The van der Waals surface area contributed by atoms with Gasteiger partial charge in [0.15, 0.2) is 0 Å². The highest BCUT2D eigenvalue weighted by molar-refractivity contribution is 6.45. The lowest BCUT2D eigenvalue weighted by atomic mass is 9.98. The van der Waals surface area contributed by atoms with Gasteiger partial charge in [0.2, 0.25) is 0 Å². The summed E-state index contributed by atoms with van der Waals surface area (Å²) in [6, 6.07) is 25.6. The Morgan fingerprint density at radius 2 is 1.45 bits per heavy atom. The van der Waals surface area contributed by atoms with Gasteiger partial charge in [-0.25, -0.2) is 4.90 Å². The molecule has 154 valence electrons. The number of carbonyl (C=O) groups excluding carboxylic acids is 2. The van der Waals surface area contributed by atoms with Gasteiger partial charge in [0.05, 0.1) is 11.3 Å². The molecule has 3 aromatic rings. The lowest BCUT2D eigenvalue weighted by Gasteiger charge is -2.31. The van der Waals surface area contributed by atoms with Gasteiger partial charge in [-0.15, -0.1) is 0 Å². The molecule has 2 aliphatic rings. The highest BCUT2D eigenvalue weighted by Crippen LogP contribution is 2.36. The van der Waals surface area contributed by atoms with E-state index in [1.807, 2.05) is 60.7 Å². The first-order valence-corrected chi connectivity index (χ1v) is 10.8. The van der Waals surface area contributed by atoms with Crippen LogP contribution in [0.2, 0.25) is 0 Å². The number of imide groups is 1. The molecular weight excluding hydrogens is 384 g/mol. The molecule has 0 N–H and O–H groups in total. The van der Waals surface area contributed by atoms with Crippen molar-refractivity contribution in [2.24, 2.45) is 0 Å². The van der Waals surface area contributed by atoms with E-state index in [0.29, 0.717) is 30.0 Å². The molecule has 0 aromatic heterocycles. The van der Waals surface area contributed by atoms with Crippen LogP contribution in [0.15, 0.2) is 84.6 Å². The van der Waals surface area contributed by atoms with E-state index in [9.17, 15) is 9.59 Å². The van der Waals surface area contributed by atoms with E-state index < -0.39 is 0 Å². The maximum atomic E-state index is 13.7. The van der Waals surface area contributed by atoms with Gasteiger partial charge in [0, 0.05) is 13.1 Å². The van der Waals surface area contributed by atoms with Crippen LogP contribution in [-0.2, 0) is 29.0 Å². The van der Waals surface area contributed by atoms with E-state index in [1.54, 1.807) is 0 Å². The maximum absolute atomic E-state index is 13.7. The average Bonchev–Trinajstić information content (AvgIpc) is 3.09. The molecule has 0 saturated carbocycles. The minimum absolute atomic E-state index is 0.243. The highest BCUT2D eigenvalue weighted by Gasteiger charge is 2.42. The van der Waals surface area contributed by atoms with Crippen molar-refractivity contribution in [2.45, 2.75) is 26.3 Å². The average molecular weight is 409 g/mol. The van der Waals surface area contributed by atoms with E-state index in [2.05, 4.69) is 30.0 Å². The van der Waals surface area contributed by atoms with E-state index >= 15 is 0 Å². The molecule has 3 aromatic carbocycles. The summed E-state index contributed by atoms with van der Waals surface area (Å²) in [6.45, 7) is 3.43. The van der Waals surface area contributed by atoms with Gasteiger partial charge in [-0.3, -0.25) is 9.59 Å². The maximum Gasteiger partial charge on any atom is 0.282 e. The number of hydrogen-bond acceptors (Lipinski definition) is 3. The summed E-state index contributed by atoms with van der Waals surface area (Å²) < 4.78 is 0. The molecule has 0 unspecified atom stereocenters. The van der Waals surface area contributed by atoms with Crippen LogP contribution in [0.5, 0.6) is 0 Å². The van der Waals surface area contributed by atoms with Gasteiger partial charge in [0.25, 0.3) is 11.8 Å². The summed E-state index contributed by atoms with van der Waals surface area (Å²) in [6.07, 6.45) is 1.77. The van der Waals surface area contributed by atoms with Crippen LogP contribution < -0.4 is 4.90 Å². The monoisotopic (exact) mass is 408 g/mol. The van der Waals surface area contributed by atoms with Crippen LogP contribution >= 0.6 is 0 Å². The van der Waals surface area contributed by atoms with Crippen LogP contribution in [0.4, 0.5) is 5.69 Å². The summed E-state index contributed by atoms with van der Waals surface area (Å²) >= 11 is 0. The number of benzene rings is 3. The predicted octanol–water partition coefficient (Wildman–Crippen LogP) is 4.59. The third-order valence-electron chi connectivity index (χ3n) is 6.17. The van der Waals surface area contributed by atoms with Crippen LogP contribution in [0.25, 0.3) is 5.57 Å². The van der Waals surface area contributed by atoms with E-state index in [4.69, 9.17) is 0 Å². The number of rotatable bonds is 4. The Balaban J connectivity index is 1.59. The first-order valence-electron chi connectivity index (χ1n) is 10.8. The molecule has 0 saturated heterocycles. The number of amides is 2. The number of nitrogens with zero attached hydrogens (tertiary/aromatic N) is 2. The Bertz CT molecular complexity index is 1180. The van der Waals surface area contributed by atoms with Crippen LogP contribution in [0, 0.1) is 0 Å². The number of carbonyl (C=O) groups is 2.